The molecule has 0 aliphatic heterocycles. The molecule has 1 aliphatic rings. The average Bonchev–Trinajstić information content (AvgIpc) is 3.16. The highest BCUT2D eigenvalue weighted by atomic mass is 32.2. The highest BCUT2D eigenvalue weighted by molar-refractivity contribution is 7.92. The lowest BCUT2D eigenvalue weighted by atomic mass is 9.99. The molecule has 0 bridgehead atoms. The molecule has 0 saturated heterocycles. The average molecular weight is 311 g/mol. The van der Waals surface area contributed by atoms with E-state index < -0.39 is 20.5 Å². The van der Waals surface area contributed by atoms with Crippen LogP contribution in [-0.4, -0.2) is 39.2 Å². The zero-order valence-corrected chi connectivity index (χ0v) is 13.8. The van der Waals surface area contributed by atoms with Gasteiger partial charge in [-0.2, -0.15) is 0 Å². The van der Waals surface area contributed by atoms with E-state index in [4.69, 9.17) is 10.5 Å². The summed E-state index contributed by atoms with van der Waals surface area (Å²) in [6.07, 6.45) is 0. The Balaban J connectivity index is 2.38. The van der Waals surface area contributed by atoms with E-state index in [2.05, 4.69) is 0 Å². The van der Waals surface area contributed by atoms with Crippen LogP contribution in [0.5, 0.6) is 0 Å². The molecule has 1 aliphatic carbocycles. The molecular weight excluding hydrogens is 286 g/mol. The molecule has 0 aromatic heterocycles. The molecule has 118 valence electrons. The van der Waals surface area contributed by atoms with Crippen molar-refractivity contribution in [3.8, 4) is 0 Å². The quantitative estimate of drug-likeness (QED) is 0.834. The standard InChI is InChI=1S/C16H25NO3S/c1-4-20-11-16(10-17)14(15(16)21(18,19)5-2)13-8-6-12(3)7-9-13/h6-9,14-15H,4-5,10-11,17H2,1-3H3/t14-,15-,16+/m0/s1. The summed E-state index contributed by atoms with van der Waals surface area (Å²) in [6.45, 7) is 6.94. The molecule has 0 radical (unpaired) electrons. The summed E-state index contributed by atoms with van der Waals surface area (Å²) >= 11 is 0. The molecule has 2 N–H and O–H groups in total. The van der Waals surface area contributed by atoms with Crippen molar-refractivity contribution in [2.45, 2.75) is 31.9 Å². The number of ether oxygens (including phenoxy) is 1. The van der Waals surface area contributed by atoms with Crippen LogP contribution in [0, 0.1) is 12.3 Å². The Labute approximate surface area is 127 Å². The van der Waals surface area contributed by atoms with Gasteiger partial charge < -0.3 is 10.5 Å². The highest BCUT2D eigenvalue weighted by Crippen LogP contribution is 2.62. The maximum absolute atomic E-state index is 12.4. The summed E-state index contributed by atoms with van der Waals surface area (Å²) in [7, 11) is -3.14. The second-order valence-electron chi connectivity index (χ2n) is 5.83. The molecule has 0 unspecified atom stereocenters. The predicted molar refractivity (Wildman–Crippen MR) is 85.1 cm³/mol. The first-order chi connectivity index (χ1) is 9.93. The van der Waals surface area contributed by atoms with Gasteiger partial charge in [0.2, 0.25) is 0 Å². The molecule has 3 atom stereocenters. The van der Waals surface area contributed by atoms with Gasteiger partial charge in [-0.05, 0) is 19.4 Å². The van der Waals surface area contributed by atoms with E-state index in [0.29, 0.717) is 19.8 Å². The maximum Gasteiger partial charge on any atom is 0.154 e. The van der Waals surface area contributed by atoms with Crippen molar-refractivity contribution >= 4 is 9.84 Å². The molecule has 1 saturated carbocycles. The van der Waals surface area contributed by atoms with Crippen LogP contribution in [0.15, 0.2) is 24.3 Å². The van der Waals surface area contributed by atoms with Crippen LogP contribution >= 0.6 is 0 Å². The SMILES string of the molecule is CCOC[C@]1(CN)[C@@H](c2ccc(C)cc2)[C@@H]1S(=O)(=O)CC. The predicted octanol–water partition coefficient (Wildman–Crippen LogP) is 1.88. The first-order valence-electron chi connectivity index (χ1n) is 7.49. The van der Waals surface area contributed by atoms with E-state index in [1.54, 1.807) is 6.92 Å². The van der Waals surface area contributed by atoms with Gasteiger partial charge in [0.05, 0.1) is 11.9 Å². The number of sulfone groups is 1. The van der Waals surface area contributed by atoms with Crippen LogP contribution in [0.4, 0.5) is 0 Å². The van der Waals surface area contributed by atoms with Crippen LogP contribution < -0.4 is 5.73 Å². The smallest absolute Gasteiger partial charge is 0.154 e. The first-order valence-corrected chi connectivity index (χ1v) is 9.20. The largest absolute Gasteiger partial charge is 0.381 e. The summed E-state index contributed by atoms with van der Waals surface area (Å²) in [5.74, 6) is 0.0908. The van der Waals surface area contributed by atoms with Crippen molar-refractivity contribution in [3.63, 3.8) is 0 Å². The summed E-state index contributed by atoms with van der Waals surface area (Å²) in [5.41, 5.74) is 7.71. The molecule has 21 heavy (non-hydrogen) atoms. The first kappa shape index (κ1) is 16.5. The van der Waals surface area contributed by atoms with Crippen LogP contribution in [0.25, 0.3) is 0 Å². The minimum Gasteiger partial charge on any atom is -0.381 e. The van der Waals surface area contributed by atoms with E-state index in [1.807, 2.05) is 38.1 Å². The van der Waals surface area contributed by atoms with Crippen molar-refractivity contribution in [3.05, 3.63) is 35.4 Å². The van der Waals surface area contributed by atoms with Gasteiger partial charge in [0.25, 0.3) is 0 Å². The zero-order chi connectivity index (χ0) is 15.7. The van der Waals surface area contributed by atoms with Gasteiger partial charge in [0.1, 0.15) is 0 Å². The van der Waals surface area contributed by atoms with Crippen molar-refractivity contribution in [1.29, 1.82) is 0 Å². The molecule has 1 aromatic carbocycles. The number of rotatable bonds is 7. The lowest BCUT2D eigenvalue weighted by molar-refractivity contribution is 0.101. The summed E-state index contributed by atoms with van der Waals surface area (Å²) in [6, 6.07) is 8.07. The minimum absolute atomic E-state index is 0.0559. The third kappa shape index (κ3) is 2.87. The van der Waals surface area contributed by atoms with E-state index >= 15 is 0 Å². The van der Waals surface area contributed by atoms with Crippen molar-refractivity contribution in [2.24, 2.45) is 11.1 Å². The fourth-order valence-electron chi connectivity index (χ4n) is 3.24. The van der Waals surface area contributed by atoms with Gasteiger partial charge in [-0.25, -0.2) is 8.42 Å². The van der Waals surface area contributed by atoms with E-state index in [9.17, 15) is 8.42 Å². The third-order valence-corrected chi connectivity index (χ3v) is 6.88. The van der Waals surface area contributed by atoms with Crippen molar-refractivity contribution in [2.75, 3.05) is 25.5 Å². The van der Waals surface area contributed by atoms with Crippen molar-refractivity contribution < 1.29 is 13.2 Å². The lowest BCUT2D eigenvalue weighted by Gasteiger charge is -2.15. The van der Waals surface area contributed by atoms with E-state index in [1.165, 1.54) is 0 Å². The van der Waals surface area contributed by atoms with Gasteiger partial charge >= 0.3 is 0 Å². The minimum atomic E-state index is -3.14. The van der Waals surface area contributed by atoms with E-state index in [0.717, 1.165) is 11.1 Å². The lowest BCUT2D eigenvalue weighted by Crippen LogP contribution is -2.29. The molecule has 0 heterocycles. The molecule has 1 fully saturated rings. The third-order valence-electron chi connectivity index (χ3n) is 4.56. The molecular formula is C16H25NO3S. The molecule has 4 nitrogen and oxygen atoms in total. The Morgan fingerprint density at radius 3 is 2.33 bits per heavy atom. The Hall–Kier alpha value is -0.910. The summed E-state index contributed by atoms with van der Waals surface area (Å²) in [5, 5.41) is -0.422. The molecule has 1 aromatic rings. The van der Waals surface area contributed by atoms with E-state index in [-0.39, 0.29) is 11.7 Å². The Morgan fingerprint density at radius 1 is 1.24 bits per heavy atom. The fraction of sp³-hybridized carbons (Fsp3) is 0.625. The number of aryl methyl sites for hydroxylation is 1. The van der Waals surface area contributed by atoms with Gasteiger partial charge in [-0.15, -0.1) is 0 Å². The number of hydrogen-bond donors (Lipinski definition) is 1. The van der Waals surface area contributed by atoms with Gasteiger partial charge in [-0.1, -0.05) is 36.8 Å². The van der Waals surface area contributed by atoms with Gasteiger partial charge in [-0.3, -0.25) is 0 Å². The Bertz CT molecular complexity index is 582. The molecule has 0 spiro atoms. The van der Waals surface area contributed by atoms with Gasteiger partial charge in [0, 0.05) is 30.2 Å². The zero-order valence-electron chi connectivity index (χ0n) is 13.0. The fourth-order valence-corrected chi connectivity index (χ4v) is 5.39. The van der Waals surface area contributed by atoms with Gasteiger partial charge in [0.15, 0.2) is 9.84 Å². The van der Waals surface area contributed by atoms with Crippen LogP contribution in [0.3, 0.4) is 0 Å². The summed E-state index contributed by atoms with van der Waals surface area (Å²) < 4.78 is 30.4. The van der Waals surface area contributed by atoms with Crippen molar-refractivity contribution in [1.82, 2.24) is 0 Å². The molecule has 5 heteroatoms. The normalized spacial score (nSPS) is 28.6. The number of hydrogen-bond acceptors (Lipinski definition) is 4. The topological polar surface area (TPSA) is 69.4 Å². The molecule has 2 rings (SSSR count). The monoisotopic (exact) mass is 311 g/mol. The number of benzene rings is 1. The highest BCUT2D eigenvalue weighted by Gasteiger charge is 2.69. The Kier molecular flexibility index (Phi) is 4.76. The molecule has 0 amide bonds. The maximum atomic E-state index is 12.4. The second kappa shape index (κ2) is 6.07. The second-order valence-corrected chi connectivity index (χ2v) is 8.25. The van der Waals surface area contributed by atoms with Crippen LogP contribution in [0.1, 0.15) is 30.9 Å². The summed E-state index contributed by atoms with van der Waals surface area (Å²) in [4.78, 5) is 0. The Morgan fingerprint density at radius 2 is 1.86 bits per heavy atom. The van der Waals surface area contributed by atoms with Crippen LogP contribution in [0.2, 0.25) is 0 Å². The number of nitrogens with two attached hydrogens (primary N) is 1. The van der Waals surface area contributed by atoms with Crippen LogP contribution in [-0.2, 0) is 14.6 Å².